The first-order valence-corrected chi connectivity index (χ1v) is 7.32. The number of rotatable bonds is 4. The highest BCUT2D eigenvalue weighted by Crippen LogP contribution is 2.07. The molecule has 0 aliphatic rings. The lowest BCUT2D eigenvalue weighted by Gasteiger charge is -2.00. The molecule has 0 N–H and O–H groups in total. The molecule has 3 nitrogen and oxygen atoms in total. The van der Waals surface area contributed by atoms with Gasteiger partial charge in [-0.15, -0.1) is 0 Å². The minimum atomic E-state index is 0.706. The van der Waals surface area contributed by atoms with Gasteiger partial charge in [0.15, 0.2) is 0 Å². The summed E-state index contributed by atoms with van der Waals surface area (Å²) < 4.78 is 4.30. The molecule has 0 aliphatic carbocycles. The molecule has 0 atom stereocenters. The fraction of sp³-hybridized carbons (Fsp3) is 0.158. The maximum atomic E-state index is 8.96. The first-order valence-electron chi connectivity index (χ1n) is 7.32. The van der Waals surface area contributed by atoms with Gasteiger partial charge in [-0.3, -0.25) is 0 Å². The van der Waals surface area contributed by atoms with Crippen LogP contribution < -0.4 is 4.57 Å². The van der Waals surface area contributed by atoms with E-state index in [1.165, 1.54) is 11.1 Å². The minimum Gasteiger partial charge on any atom is -0.233 e. The maximum absolute atomic E-state index is 8.96. The average Bonchev–Trinajstić information content (AvgIpc) is 2.94. The summed E-state index contributed by atoms with van der Waals surface area (Å²) in [7, 11) is 0. The summed E-state index contributed by atoms with van der Waals surface area (Å²) in [5, 5.41) is 8.96. The molecule has 0 unspecified atom stereocenters. The van der Waals surface area contributed by atoms with Gasteiger partial charge in [0, 0.05) is 0 Å². The number of aryl methyl sites for hydroxylation is 1. The Morgan fingerprint density at radius 2 is 1.91 bits per heavy atom. The van der Waals surface area contributed by atoms with Crippen molar-refractivity contribution in [2.24, 2.45) is 0 Å². The molecule has 0 bridgehead atoms. The van der Waals surface area contributed by atoms with E-state index in [0.717, 1.165) is 18.7 Å². The van der Waals surface area contributed by atoms with E-state index >= 15 is 0 Å². The van der Waals surface area contributed by atoms with Crippen molar-refractivity contribution in [2.45, 2.75) is 20.0 Å². The van der Waals surface area contributed by atoms with Crippen LogP contribution in [0.25, 0.3) is 0 Å². The van der Waals surface area contributed by atoms with E-state index in [1.54, 1.807) is 0 Å². The van der Waals surface area contributed by atoms with Gasteiger partial charge in [-0.05, 0) is 30.2 Å². The van der Waals surface area contributed by atoms with Gasteiger partial charge in [-0.2, -0.15) is 5.26 Å². The molecule has 0 spiro atoms. The van der Waals surface area contributed by atoms with Gasteiger partial charge in [-0.1, -0.05) is 42.0 Å². The van der Waals surface area contributed by atoms with Crippen LogP contribution >= 0.6 is 0 Å². The molecular formula is C19H18N3+. The van der Waals surface area contributed by atoms with Crippen molar-refractivity contribution in [3.8, 4) is 6.07 Å². The average molecular weight is 288 g/mol. The Morgan fingerprint density at radius 3 is 2.73 bits per heavy atom. The number of nitrogens with zero attached hydrogens (tertiary/aromatic N) is 3. The van der Waals surface area contributed by atoms with Gasteiger partial charge in [0.2, 0.25) is 6.33 Å². The first kappa shape index (κ1) is 14.1. The van der Waals surface area contributed by atoms with E-state index in [9.17, 15) is 0 Å². The third-order valence-corrected chi connectivity index (χ3v) is 3.62. The Labute approximate surface area is 130 Å². The predicted molar refractivity (Wildman–Crippen MR) is 85.2 cm³/mol. The lowest BCUT2D eigenvalue weighted by Crippen LogP contribution is -2.31. The summed E-state index contributed by atoms with van der Waals surface area (Å²) in [6.07, 6.45) is 6.24. The third kappa shape index (κ3) is 3.42. The number of benzene rings is 2. The van der Waals surface area contributed by atoms with Gasteiger partial charge >= 0.3 is 0 Å². The van der Waals surface area contributed by atoms with Crippen molar-refractivity contribution in [3.05, 3.63) is 89.5 Å². The number of imidazole rings is 1. The van der Waals surface area contributed by atoms with Crippen LogP contribution in [0.1, 0.15) is 22.3 Å². The molecule has 108 valence electrons. The van der Waals surface area contributed by atoms with Crippen LogP contribution in [-0.2, 0) is 13.1 Å². The SMILES string of the molecule is Cc1cccc(C[n+]2ccn(Cc3cccc(C#N)c3)c2)c1. The molecule has 3 heteroatoms. The zero-order valence-corrected chi connectivity index (χ0v) is 12.6. The van der Waals surface area contributed by atoms with Crippen LogP contribution in [0, 0.1) is 18.3 Å². The van der Waals surface area contributed by atoms with E-state index in [2.05, 4.69) is 65.1 Å². The van der Waals surface area contributed by atoms with Crippen molar-refractivity contribution in [1.29, 1.82) is 5.26 Å². The van der Waals surface area contributed by atoms with E-state index in [4.69, 9.17) is 5.26 Å². The number of aromatic nitrogens is 2. The summed E-state index contributed by atoms with van der Waals surface area (Å²) in [5.74, 6) is 0. The lowest BCUT2D eigenvalue weighted by molar-refractivity contribution is -0.687. The zero-order valence-electron chi connectivity index (χ0n) is 12.6. The van der Waals surface area contributed by atoms with Crippen molar-refractivity contribution < 1.29 is 4.57 Å². The van der Waals surface area contributed by atoms with Crippen LogP contribution in [-0.4, -0.2) is 4.57 Å². The van der Waals surface area contributed by atoms with Crippen molar-refractivity contribution in [1.82, 2.24) is 4.57 Å². The summed E-state index contributed by atoms with van der Waals surface area (Å²) in [6.45, 7) is 3.75. The smallest absolute Gasteiger partial charge is 0.233 e. The van der Waals surface area contributed by atoms with E-state index in [-0.39, 0.29) is 0 Å². The summed E-state index contributed by atoms with van der Waals surface area (Å²) in [5.41, 5.74) is 4.43. The minimum absolute atomic E-state index is 0.706. The number of hydrogen-bond acceptors (Lipinski definition) is 1. The Balaban J connectivity index is 1.72. The Kier molecular flexibility index (Phi) is 4.02. The second-order valence-electron chi connectivity index (χ2n) is 5.56. The monoisotopic (exact) mass is 288 g/mol. The molecule has 3 aromatic rings. The molecule has 0 saturated carbocycles. The van der Waals surface area contributed by atoms with Gasteiger partial charge < -0.3 is 0 Å². The fourth-order valence-corrected chi connectivity index (χ4v) is 2.60. The standard InChI is InChI=1S/C19H18N3/c1-16-4-2-6-18(10-16)13-21-8-9-22(15-21)14-19-7-3-5-17(11-19)12-20/h2-11,15H,13-14H2,1H3/q+1. The van der Waals surface area contributed by atoms with E-state index < -0.39 is 0 Å². The van der Waals surface area contributed by atoms with Crippen LogP contribution in [0.2, 0.25) is 0 Å². The molecule has 0 radical (unpaired) electrons. The largest absolute Gasteiger partial charge is 0.244 e. The lowest BCUT2D eigenvalue weighted by atomic mass is 10.1. The number of nitriles is 1. The molecular weight excluding hydrogens is 270 g/mol. The Hall–Kier alpha value is -2.86. The van der Waals surface area contributed by atoms with Gasteiger partial charge in [-0.25, -0.2) is 9.13 Å². The zero-order chi connectivity index (χ0) is 15.4. The summed E-state index contributed by atoms with van der Waals surface area (Å²) in [4.78, 5) is 0. The van der Waals surface area contributed by atoms with Crippen LogP contribution in [0.4, 0.5) is 0 Å². The van der Waals surface area contributed by atoms with Crippen molar-refractivity contribution in [2.75, 3.05) is 0 Å². The molecule has 3 rings (SSSR count). The fourth-order valence-electron chi connectivity index (χ4n) is 2.60. The predicted octanol–water partition coefficient (Wildman–Crippen LogP) is 3.05. The maximum Gasteiger partial charge on any atom is 0.244 e. The van der Waals surface area contributed by atoms with E-state index in [1.807, 2.05) is 24.3 Å². The van der Waals surface area contributed by atoms with Gasteiger partial charge in [0.05, 0.1) is 11.6 Å². The molecule has 0 amide bonds. The summed E-state index contributed by atoms with van der Waals surface area (Å²) in [6, 6.07) is 18.5. The Morgan fingerprint density at radius 1 is 1.09 bits per heavy atom. The van der Waals surface area contributed by atoms with Crippen LogP contribution in [0.5, 0.6) is 0 Å². The third-order valence-electron chi connectivity index (χ3n) is 3.62. The molecule has 0 aliphatic heterocycles. The van der Waals surface area contributed by atoms with Crippen LogP contribution in [0.15, 0.2) is 67.3 Å². The molecule has 0 saturated heterocycles. The van der Waals surface area contributed by atoms with Crippen LogP contribution in [0.3, 0.4) is 0 Å². The second-order valence-corrected chi connectivity index (χ2v) is 5.56. The molecule has 22 heavy (non-hydrogen) atoms. The highest BCUT2D eigenvalue weighted by Gasteiger charge is 2.06. The quantitative estimate of drug-likeness (QED) is 0.679. The summed E-state index contributed by atoms with van der Waals surface area (Å²) >= 11 is 0. The normalized spacial score (nSPS) is 10.4. The molecule has 1 heterocycles. The highest BCUT2D eigenvalue weighted by molar-refractivity contribution is 5.32. The van der Waals surface area contributed by atoms with Gasteiger partial charge in [0.1, 0.15) is 25.5 Å². The molecule has 1 aromatic heterocycles. The second kappa shape index (κ2) is 6.28. The highest BCUT2D eigenvalue weighted by atomic mass is 15.1. The number of hydrogen-bond donors (Lipinski definition) is 0. The van der Waals surface area contributed by atoms with E-state index in [0.29, 0.717) is 5.56 Å². The first-order chi connectivity index (χ1) is 10.7. The van der Waals surface area contributed by atoms with Crippen molar-refractivity contribution in [3.63, 3.8) is 0 Å². The molecule has 2 aromatic carbocycles. The van der Waals surface area contributed by atoms with Crippen molar-refractivity contribution >= 4 is 0 Å². The van der Waals surface area contributed by atoms with Gasteiger partial charge in [0.25, 0.3) is 0 Å². The molecule has 0 fully saturated rings. The Bertz CT molecular complexity index is 824. The topological polar surface area (TPSA) is 32.6 Å².